The number of hydrogen-bond acceptors (Lipinski definition) is 4. The second-order valence-electron chi connectivity index (χ2n) is 2.59. The van der Waals surface area contributed by atoms with Crippen molar-refractivity contribution in [3.05, 3.63) is 0 Å². The normalized spacial score (nSPS) is 23.8. The second-order valence-corrected chi connectivity index (χ2v) is 5.38. The van der Waals surface area contributed by atoms with E-state index in [-0.39, 0.29) is 6.42 Å². The Morgan fingerprint density at radius 1 is 1.64 bits per heavy atom. The van der Waals surface area contributed by atoms with Crippen molar-refractivity contribution in [3.8, 4) is 0 Å². The molecule has 1 unspecified atom stereocenters. The van der Waals surface area contributed by atoms with Crippen LogP contribution in [-0.2, 0) is 4.79 Å². The Morgan fingerprint density at radius 2 is 2.45 bits per heavy atom. The zero-order chi connectivity index (χ0) is 8.10. The molecule has 1 aliphatic rings. The number of carboxylic acids is 1. The number of carbonyl (C=O) groups excluding carboxylic acids is 1. The fourth-order valence-electron chi connectivity index (χ4n) is 1.04. The average molecular weight is 191 g/mol. The van der Waals surface area contributed by atoms with Crippen molar-refractivity contribution in [2.45, 2.75) is 30.9 Å². The van der Waals surface area contributed by atoms with Crippen molar-refractivity contribution >= 4 is 27.6 Å². The summed E-state index contributed by atoms with van der Waals surface area (Å²) in [5.41, 5.74) is 0. The molecule has 4 heteroatoms. The number of rotatable bonds is 4. The van der Waals surface area contributed by atoms with Crippen LogP contribution >= 0.6 is 21.6 Å². The molecule has 0 N–H and O–H groups in total. The molecular weight excluding hydrogens is 180 g/mol. The van der Waals surface area contributed by atoms with Crippen LogP contribution in [0.5, 0.6) is 0 Å². The Morgan fingerprint density at radius 3 is 3.00 bits per heavy atom. The van der Waals surface area contributed by atoms with Crippen LogP contribution in [0.15, 0.2) is 0 Å². The molecule has 1 saturated heterocycles. The summed E-state index contributed by atoms with van der Waals surface area (Å²) in [6, 6.07) is 0. The zero-order valence-electron chi connectivity index (χ0n) is 6.25. The third-order valence-corrected chi connectivity index (χ3v) is 4.64. The van der Waals surface area contributed by atoms with Gasteiger partial charge in [0, 0.05) is 17.0 Å². The summed E-state index contributed by atoms with van der Waals surface area (Å²) < 4.78 is 0. The maximum atomic E-state index is 10.0. The summed E-state index contributed by atoms with van der Waals surface area (Å²) in [5, 5.41) is 10.7. The molecular formula is C7H11O2S2-. The average Bonchev–Trinajstić information content (AvgIpc) is 2.39. The first-order chi connectivity index (χ1) is 5.29. The first-order valence-electron chi connectivity index (χ1n) is 3.77. The van der Waals surface area contributed by atoms with Crippen LogP contribution in [-0.4, -0.2) is 17.0 Å². The Kier molecular flexibility index (Phi) is 4.15. The molecule has 1 aliphatic heterocycles. The molecule has 1 heterocycles. The third-order valence-electron chi connectivity index (χ3n) is 1.63. The molecule has 0 bridgehead atoms. The van der Waals surface area contributed by atoms with E-state index in [0.29, 0.717) is 5.25 Å². The molecule has 0 aromatic carbocycles. The SMILES string of the molecule is O=C([O-])CCCC1CCSS1. The monoisotopic (exact) mass is 191 g/mol. The van der Waals surface area contributed by atoms with Gasteiger partial charge in [-0.1, -0.05) is 21.6 Å². The van der Waals surface area contributed by atoms with Crippen LogP contribution in [0.1, 0.15) is 25.7 Å². The summed E-state index contributed by atoms with van der Waals surface area (Å²) in [5.74, 6) is 0.307. The predicted octanol–water partition coefficient (Wildman–Crippen LogP) is 1.06. The second kappa shape index (κ2) is 4.93. The molecule has 0 saturated carbocycles. The van der Waals surface area contributed by atoms with E-state index in [1.807, 2.05) is 21.6 Å². The van der Waals surface area contributed by atoms with E-state index in [1.54, 1.807) is 0 Å². The highest BCUT2D eigenvalue weighted by Gasteiger charge is 2.15. The third kappa shape index (κ3) is 3.91. The maximum Gasteiger partial charge on any atom is 0.0414 e. The minimum atomic E-state index is -0.916. The Labute approximate surface area is 74.5 Å². The molecule has 0 aromatic heterocycles. The van der Waals surface area contributed by atoms with Crippen LogP contribution < -0.4 is 5.11 Å². The highest BCUT2D eigenvalue weighted by Crippen LogP contribution is 2.39. The van der Waals surface area contributed by atoms with E-state index in [4.69, 9.17) is 0 Å². The van der Waals surface area contributed by atoms with E-state index in [2.05, 4.69) is 0 Å². The van der Waals surface area contributed by atoms with Gasteiger partial charge < -0.3 is 9.90 Å². The van der Waals surface area contributed by atoms with E-state index >= 15 is 0 Å². The highest BCUT2D eigenvalue weighted by atomic mass is 33.1. The maximum absolute atomic E-state index is 10.0. The molecule has 11 heavy (non-hydrogen) atoms. The number of carbonyl (C=O) groups is 1. The lowest BCUT2D eigenvalue weighted by atomic mass is 10.1. The van der Waals surface area contributed by atoms with Gasteiger partial charge >= 0.3 is 0 Å². The van der Waals surface area contributed by atoms with Crippen molar-refractivity contribution in [2.24, 2.45) is 0 Å². The van der Waals surface area contributed by atoms with Crippen LogP contribution in [0, 0.1) is 0 Å². The quantitative estimate of drug-likeness (QED) is 0.623. The van der Waals surface area contributed by atoms with Crippen LogP contribution in [0.2, 0.25) is 0 Å². The first-order valence-corrected chi connectivity index (χ1v) is 6.15. The molecule has 0 aliphatic carbocycles. The number of hydrogen-bond donors (Lipinski definition) is 0. The highest BCUT2D eigenvalue weighted by molar-refractivity contribution is 8.77. The smallest absolute Gasteiger partial charge is 0.0414 e. The number of carboxylic acid groups (broad SMARTS) is 1. The predicted molar refractivity (Wildman–Crippen MR) is 47.3 cm³/mol. The molecule has 0 radical (unpaired) electrons. The van der Waals surface area contributed by atoms with E-state index < -0.39 is 5.97 Å². The molecule has 2 nitrogen and oxygen atoms in total. The summed E-state index contributed by atoms with van der Waals surface area (Å²) in [6.45, 7) is 0. The summed E-state index contributed by atoms with van der Waals surface area (Å²) in [4.78, 5) is 10.0. The van der Waals surface area contributed by atoms with Crippen molar-refractivity contribution in [2.75, 3.05) is 5.75 Å². The van der Waals surface area contributed by atoms with Crippen LogP contribution in [0.25, 0.3) is 0 Å². The fraction of sp³-hybridized carbons (Fsp3) is 0.857. The lowest BCUT2D eigenvalue weighted by Gasteiger charge is -2.06. The lowest BCUT2D eigenvalue weighted by molar-refractivity contribution is -0.305. The minimum Gasteiger partial charge on any atom is -0.550 e. The molecule has 0 spiro atoms. The number of aliphatic carboxylic acids is 1. The van der Waals surface area contributed by atoms with E-state index in [9.17, 15) is 9.90 Å². The van der Waals surface area contributed by atoms with Gasteiger partial charge in [-0.25, -0.2) is 0 Å². The Hall–Kier alpha value is 0.170. The van der Waals surface area contributed by atoms with E-state index in [1.165, 1.54) is 12.2 Å². The van der Waals surface area contributed by atoms with Gasteiger partial charge in [0.2, 0.25) is 0 Å². The van der Waals surface area contributed by atoms with Gasteiger partial charge in [-0.05, 0) is 25.7 Å². The molecule has 64 valence electrons. The fourth-order valence-corrected chi connectivity index (χ4v) is 4.07. The lowest BCUT2D eigenvalue weighted by Crippen LogP contribution is -2.21. The molecule has 1 rings (SSSR count). The molecule has 1 fully saturated rings. The molecule has 0 aromatic rings. The standard InChI is InChI=1S/C7H12O2S2/c8-7(9)3-1-2-6-4-5-10-11-6/h6H,1-5H2,(H,8,9)/p-1. The van der Waals surface area contributed by atoms with Gasteiger partial charge in [-0.3, -0.25) is 0 Å². The molecule has 1 atom stereocenters. The largest absolute Gasteiger partial charge is 0.550 e. The van der Waals surface area contributed by atoms with Crippen molar-refractivity contribution in [3.63, 3.8) is 0 Å². The zero-order valence-corrected chi connectivity index (χ0v) is 7.88. The van der Waals surface area contributed by atoms with Gasteiger partial charge in [0.25, 0.3) is 0 Å². The van der Waals surface area contributed by atoms with Crippen molar-refractivity contribution in [1.82, 2.24) is 0 Å². The topological polar surface area (TPSA) is 40.1 Å². The summed E-state index contributed by atoms with van der Waals surface area (Å²) in [6.07, 6.45) is 3.27. The van der Waals surface area contributed by atoms with Crippen molar-refractivity contribution < 1.29 is 9.90 Å². The molecule has 0 amide bonds. The Bertz CT molecular complexity index is 132. The van der Waals surface area contributed by atoms with Gasteiger partial charge in [-0.2, -0.15) is 0 Å². The summed E-state index contributed by atoms with van der Waals surface area (Å²) >= 11 is 0. The minimum absolute atomic E-state index is 0.224. The van der Waals surface area contributed by atoms with Crippen LogP contribution in [0.3, 0.4) is 0 Å². The van der Waals surface area contributed by atoms with Gasteiger partial charge in [0.1, 0.15) is 0 Å². The Balaban J connectivity index is 1.98. The van der Waals surface area contributed by atoms with Gasteiger partial charge in [0.05, 0.1) is 0 Å². The van der Waals surface area contributed by atoms with Crippen LogP contribution in [0.4, 0.5) is 0 Å². The van der Waals surface area contributed by atoms with E-state index in [0.717, 1.165) is 12.8 Å². The summed E-state index contributed by atoms with van der Waals surface area (Å²) in [7, 11) is 3.79. The van der Waals surface area contributed by atoms with Gasteiger partial charge in [0.15, 0.2) is 0 Å². The first kappa shape index (κ1) is 9.26. The van der Waals surface area contributed by atoms with Crippen molar-refractivity contribution in [1.29, 1.82) is 0 Å². The van der Waals surface area contributed by atoms with Gasteiger partial charge in [-0.15, -0.1) is 0 Å².